The number of ketones is 1. The SMILES string of the molecule is CC1(c2ccc(F)cc2)CCc2cc(F)ccc2C1=O. The molecule has 0 N–H and O–H groups in total. The lowest BCUT2D eigenvalue weighted by atomic mass is 9.68. The van der Waals surface area contributed by atoms with E-state index in [1.807, 2.05) is 6.92 Å². The smallest absolute Gasteiger partial charge is 0.173 e. The maximum Gasteiger partial charge on any atom is 0.173 e. The number of carbonyl (C=O) groups excluding carboxylic acids is 1. The molecular formula is C17H14F2O. The van der Waals surface area contributed by atoms with Gasteiger partial charge in [-0.3, -0.25) is 4.79 Å². The Morgan fingerprint density at radius 2 is 1.65 bits per heavy atom. The van der Waals surface area contributed by atoms with Crippen LogP contribution in [0.1, 0.15) is 34.8 Å². The Hall–Kier alpha value is -2.03. The third-order valence-corrected chi connectivity index (χ3v) is 4.19. The van der Waals surface area contributed by atoms with E-state index in [0.29, 0.717) is 18.4 Å². The minimum absolute atomic E-state index is 0.0228. The summed E-state index contributed by atoms with van der Waals surface area (Å²) in [6.45, 7) is 1.87. The molecular weight excluding hydrogens is 258 g/mol. The number of benzene rings is 2. The molecule has 1 atom stereocenters. The quantitative estimate of drug-likeness (QED) is 0.765. The van der Waals surface area contributed by atoms with Gasteiger partial charge in [-0.25, -0.2) is 8.78 Å². The standard InChI is InChI=1S/C17H14F2O/c1-17(12-2-4-13(18)5-3-12)9-8-11-10-14(19)6-7-15(11)16(17)20/h2-7,10H,8-9H2,1H3. The molecule has 1 nitrogen and oxygen atoms in total. The van der Waals surface area contributed by atoms with Gasteiger partial charge in [0.25, 0.3) is 0 Å². The summed E-state index contributed by atoms with van der Waals surface area (Å²) in [6.07, 6.45) is 1.25. The summed E-state index contributed by atoms with van der Waals surface area (Å²) >= 11 is 0. The van der Waals surface area contributed by atoms with Gasteiger partial charge in [-0.1, -0.05) is 12.1 Å². The van der Waals surface area contributed by atoms with Crippen LogP contribution in [0.2, 0.25) is 0 Å². The van der Waals surface area contributed by atoms with Gasteiger partial charge in [0, 0.05) is 5.56 Å². The molecule has 0 saturated carbocycles. The number of fused-ring (bicyclic) bond motifs is 1. The average Bonchev–Trinajstić information content (AvgIpc) is 2.44. The van der Waals surface area contributed by atoms with Crippen molar-refractivity contribution in [2.24, 2.45) is 0 Å². The second-order valence-electron chi connectivity index (χ2n) is 5.47. The molecule has 1 aliphatic rings. The van der Waals surface area contributed by atoms with Crippen molar-refractivity contribution in [3.63, 3.8) is 0 Å². The van der Waals surface area contributed by atoms with Crippen molar-refractivity contribution in [1.82, 2.24) is 0 Å². The largest absolute Gasteiger partial charge is 0.293 e. The highest BCUT2D eigenvalue weighted by Gasteiger charge is 2.39. The predicted molar refractivity (Wildman–Crippen MR) is 72.8 cm³/mol. The van der Waals surface area contributed by atoms with Crippen LogP contribution >= 0.6 is 0 Å². The van der Waals surface area contributed by atoms with Crippen LogP contribution < -0.4 is 0 Å². The minimum atomic E-state index is -0.668. The first kappa shape index (κ1) is 13.0. The Kier molecular flexibility index (Phi) is 2.93. The molecule has 2 aromatic carbocycles. The average molecular weight is 272 g/mol. The van der Waals surface area contributed by atoms with E-state index in [0.717, 1.165) is 11.1 Å². The molecule has 0 bridgehead atoms. The molecule has 0 radical (unpaired) electrons. The Balaban J connectivity index is 2.06. The van der Waals surface area contributed by atoms with Crippen LogP contribution in [-0.4, -0.2) is 5.78 Å². The molecule has 0 saturated heterocycles. The zero-order valence-electron chi connectivity index (χ0n) is 11.1. The fourth-order valence-corrected chi connectivity index (χ4v) is 2.88. The van der Waals surface area contributed by atoms with Gasteiger partial charge in [-0.2, -0.15) is 0 Å². The van der Waals surface area contributed by atoms with Crippen LogP contribution in [0.5, 0.6) is 0 Å². The zero-order valence-corrected chi connectivity index (χ0v) is 11.1. The zero-order chi connectivity index (χ0) is 14.3. The highest BCUT2D eigenvalue weighted by Crippen LogP contribution is 2.38. The van der Waals surface area contributed by atoms with Crippen LogP contribution in [-0.2, 0) is 11.8 Å². The van der Waals surface area contributed by atoms with Crippen molar-refractivity contribution in [1.29, 1.82) is 0 Å². The van der Waals surface area contributed by atoms with Crippen molar-refractivity contribution >= 4 is 5.78 Å². The van der Waals surface area contributed by atoms with Crippen LogP contribution in [0, 0.1) is 11.6 Å². The first-order chi connectivity index (χ1) is 9.50. The van der Waals surface area contributed by atoms with E-state index in [1.54, 1.807) is 18.2 Å². The van der Waals surface area contributed by atoms with Gasteiger partial charge in [0.1, 0.15) is 11.6 Å². The molecule has 0 heterocycles. The highest BCUT2D eigenvalue weighted by atomic mass is 19.1. The van der Waals surface area contributed by atoms with E-state index < -0.39 is 5.41 Å². The summed E-state index contributed by atoms with van der Waals surface area (Å²) in [4.78, 5) is 12.7. The lowest BCUT2D eigenvalue weighted by Gasteiger charge is -2.33. The molecule has 0 aliphatic heterocycles. The minimum Gasteiger partial charge on any atom is -0.293 e. The van der Waals surface area contributed by atoms with E-state index in [9.17, 15) is 13.6 Å². The number of Topliss-reactive ketones (excluding diaryl/α,β-unsaturated/α-hetero) is 1. The van der Waals surface area contributed by atoms with Gasteiger partial charge >= 0.3 is 0 Å². The number of carbonyl (C=O) groups is 1. The maximum atomic E-state index is 13.2. The van der Waals surface area contributed by atoms with Crippen LogP contribution in [0.15, 0.2) is 42.5 Å². The molecule has 3 heteroatoms. The Morgan fingerprint density at radius 1 is 1.00 bits per heavy atom. The first-order valence-electron chi connectivity index (χ1n) is 6.60. The lowest BCUT2D eigenvalue weighted by Crippen LogP contribution is -2.37. The molecule has 20 heavy (non-hydrogen) atoms. The first-order valence-corrected chi connectivity index (χ1v) is 6.60. The molecule has 0 fully saturated rings. The number of hydrogen-bond donors (Lipinski definition) is 0. The third-order valence-electron chi connectivity index (χ3n) is 4.19. The van der Waals surface area contributed by atoms with E-state index in [-0.39, 0.29) is 17.4 Å². The van der Waals surface area contributed by atoms with Gasteiger partial charge in [-0.05, 0) is 61.2 Å². The van der Waals surface area contributed by atoms with Crippen LogP contribution in [0.3, 0.4) is 0 Å². The Bertz CT molecular complexity index is 676. The van der Waals surface area contributed by atoms with Gasteiger partial charge in [0.15, 0.2) is 5.78 Å². The number of halogens is 2. The van der Waals surface area contributed by atoms with E-state index in [4.69, 9.17) is 0 Å². The number of rotatable bonds is 1. The summed E-state index contributed by atoms with van der Waals surface area (Å²) in [5, 5.41) is 0. The fourth-order valence-electron chi connectivity index (χ4n) is 2.88. The second-order valence-corrected chi connectivity index (χ2v) is 5.47. The third kappa shape index (κ3) is 1.94. The van der Waals surface area contributed by atoms with Crippen LogP contribution in [0.25, 0.3) is 0 Å². The van der Waals surface area contributed by atoms with Gasteiger partial charge in [0.05, 0.1) is 5.41 Å². The molecule has 3 rings (SSSR count). The van der Waals surface area contributed by atoms with E-state index in [2.05, 4.69) is 0 Å². The summed E-state index contributed by atoms with van der Waals surface area (Å²) in [5.74, 6) is -0.657. The molecule has 0 aromatic heterocycles. The fraction of sp³-hybridized carbons (Fsp3) is 0.235. The Morgan fingerprint density at radius 3 is 2.35 bits per heavy atom. The number of hydrogen-bond acceptors (Lipinski definition) is 1. The molecule has 1 unspecified atom stereocenters. The second kappa shape index (κ2) is 4.51. The monoisotopic (exact) mass is 272 g/mol. The predicted octanol–water partition coefficient (Wildman–Crippen LogP) is 4.05. The van der Waals surface area contributed by atoms with Gasteiger partial charge in [-0.15, -0.1) is 0 Å². The molecule has 0 spiro atoms. The van der Waals surface area contributed by atoms with Crippen molar-refractivity contribution in [3.05, 3.63) is 70.8 Å². The number of aryl methyl sites for hydroxylation is 1. The van der Waals surface area contributed by atoms with E-state index >= 15 is 0 Å². The topological polar surface area (TPSA) is 17.1 Å². The summed E-state index contributed by atoms with van der Waals surface area (Å²) in [5.41, 5.74) is 1.47. The normalized spacial score (nSPS) is 21.6. The Labute approximate surface area is 116 Å². The van der Waals surface area contributed by atoms with E-state index in [1.165, 1.54) is 24.3 Å². The van der Waals surface area contributed by atoms with Gasteiger partial charge < -0.3 is 0 Å². The van der Waals surface area contributed by atoms with Crippen molar-refractivity contribution in [2.45, 2.75) is 25.2 Å². The molecule has 2 aromatic rings. The highest BCUT2D eigenvalue weighted by molar-refractivity contribution is 6.06. The molecule has 0 amide bonds. The molecule has 102 valence electrons. The molecule has 1 aliphatic carbocycles. The lowest BCUT2D eigenvalue weighted by molar-refractivity contribution is 0.0875. The summed E-state index contributed by atoms with van der Waals surface area (Å²) < 4.78 is 26.3. The van der Waals surface area contributed by atoms with Crippen LogP contribution in [0.4, 0.5) is 8.78 Å². The van der Waals surface area contributed by atoms with Crippen molar-refractivity contribution in [3.8, 4) is 0 Å². The van der Waals surface area contributed by atoms with Crippen molar-refractivity contribution in [2.75, 3.05) is 0 Å². The van der Waals surface area contributed by atoms with Crippen molar-refractivity contribution < 1.29 is 13.6 Å². The summed E-state index contributed by atoms with van der Waals surface area (Å²) in [6, 6.07) is 10.3. The van der Waals surface area contributed by atoms with Gasteiger partial charge in [0.2, 0.25) is 0 Å². The maximum absolute atomic E-state index is 13.2. The summed E-state index contributed by atoms with van der Waals surface area (Å²) in [7, 11) is 0.